The van der Waals surface area contributed by atoms with E-state index in [2.05, 4.69) is 40.2 Å². The molecule has 0 fully saturated rings. The Hall–Kier alpha value is -4.40. The lowest BCUT2D eigenvalue weighted by Gasteiger charge is -2.31. The van der Waals surface area contributed by atoms with Gasteiger partial charge >= 0.3 is 0 Å². The molecule has 4 aromatic carbocycles. The molecule has 1 aliphatic carbocycles. The predicted molar refractivity (Wildman–Crippen MR) is 177 cm³/mol. The van der Waals surface area contributed by atoms with Gasteiger partial charge in [0.15, 0.2) is 16.3 Å². The van der Waals surface area contributed by atoms with Crippen LogP contribution >= 0.6 is 27.3 Å². The summed E-state index contributed by atoms with van der Waals surface area (Å²) in [7, 11) is 3.26. The maximum absolute atomic E-state index is 14.2. The van der Waals surface area contributed by atoms with Crippen LogP contribution in [0, 0.1) is 0 Å². The lowest BCUT2D eigenvalue weighted by atomic mass is 9.83. The molecular weight excluding hydrogens is 636 g/mol. The van der Waals surface area contributed by atoms with E-state index in [1.54, 1.807) is 14.2 Å². The van der Waals surface area contributed by atoms with Crippen molar-refractivity contribution < 1.29 is 14.2 Å². The van der Waals surface area contributed by atoms with Crippen LogP contribution in [0.5, 0.6) is 17.2 Å². The Morgan fingerprint density at radius 1 is 0.932 bits per heavy atom. The normalized spacial score (nSPS) is 15.6. The number of rotatable bonds is 7. The molecule has 0 bridgehead atoms. The number of aryl methyl sites for hydroxylation is 1. The molecule has 7 rings (SSSR count). The van der Waals surface area contributed by atoms with Gasteiger partial charge in [0, 0.05) is 10.0 Å². The van der Waals surface area contributed by atoms with E-state index in [1.807, 2.05) is 77.4 Å². The fraction of sp³-hybridized carbons (Fsp3) is 0.167. The molecule has 0 saturated heterocycles. The number of halogens is 1. The first-order chi connectivity index (χ1) is 21.5. The summed E-state index contributed by atoms with van der Waals surface area (Å²) in [4.78, 5) is 20.0. The van der Waals surface area contributed by atoms with Crippen molar-refractivity contribution in [2.24, 2.45) is 4.99 Å². The molecule has 0 saturated carbocycles. The highest BCUT2D eigenvalue weighted by atomic mass is 79.9. The van der Waals surface area contributed by atoms with Crippen LogP contribution in [-0.2, 0) is 13.0 Å². The van der Waals surface area contributed by atoms with E-state index in [0.29, 0.717) is 27.4 Å². The zero-order chi connectivity index (χ0) is 30.2. The number of hydrogen-bond donors (Lipinski definition) is 0. The number of methoxy groups -OCH3 is 2. The maximum atomic E-state index is 14.2. The SMILES string of the molecule is COc1ccc([C@H]2C3=C(N=c4s/c(=C/c5cccc(OCc6ccc(Br)cc6)c5)c(=O)n42)c2ccccc2CC3)cc1OC. The Labute approximate surface area is 267 Å². The Balaban J connectivity index is 1.32. The Morgan fingerprint density at radius 3 is 2.57 bits per heavy atom. The van der Waals surface area contributed by atoms with Crippen LogP contribution in [0.4, 0.5) is 0 Å². The van der Waals surface area contributed by atoms with E-state index in [9.17, 15) is 4.79 Å². The number of nitrogens with zero attached hydrogens (tertiary/aromatic N) is 2. The van der Waals surface area contributed by atoms with Crippen molar-refractivity contribution in [1.29, 1.82) is 0 Å². The summed E-state index contributed by atoms with van der Waals surface area (Å²) < 4.78 is 20.7. The van der Waals surface area contributed by atoms with Crippen molar-refractivity contribution in [3.8, 4) is 17.2 Å². The van der Waals surface area contributed by atoms with Crippen LogP contribution in [-0.4, -0.2) is 18.8 Å². The summed E-state index contributed by atoms with van der Waals surface area (Å²) in [5, 5.41) is 0. The third-order valence-electron chi connectivity index (χ3n) is 8.07. The van der Waals surface area contributed by atoms with Gasteiger partial charge in [0.25, 0.3) is 5.56 Å². The molecule has 0 N–H and O–H groups in total. The predicted octanol–water partition coefficient (Wildman–Crippen LogP) is 6.68. The van der Waals surface area contributed by atoms with E-state index in [0.717, 1.165) is 56.6 Å². The van der Waals surface area contributed by atoms with Crippen LogP contribution in [0.3, 0.4) is 0 Å². The van der Waals surface area contributed by atoms with Crippen molar-refractivity contribution >= 4 is 39.0 Å². The maximum Gasteiger partial charge on any atom is 0.271 e. The van der Waals surface area contributed by atoms with Crippen molar-refractivity contribution in [2.75, 3.05) is 14.2 Å². The molecule has 0 amide bonds. The number of ether oxygens (including phenoxy) is 3. The number of thiazole rings is 1. The van der Waals surface area contributed by atoms with Crippen LogP contribution in [0.15, 0.2) is 111 Å². The first-order valence-electron chi connectivity index (χ1n) is 14.3. The van der Waals surface area contributed by atoms with Crippen molar-refractivity contribution in [2.45, 2.75) is 25.5 Å². The molecule has 1 atom stereocenters. The zero-order valence-electron chi connectivity index (χ0n) is 24.2. The average molecular weight is 666 g/mol. The summed E-state index contributed by atoms with van der Waals surface area (Å²) in [6.45, 7) is 0.456. The fourth-order valence-electron chi connectivity index (χ4n) is 5.94. The molecule has 0 radical (unpaired) electrons. The quantitative estimate of drug-likeness (QED) is 0.195. The van der Waals surface area contributed by atoms with Gasteiger partial charge in [-0.1, -0.05) is 81.9 Å². The standard InChI is InChI=1S/C36H29BrN2O4S/c1-41-30-17-13-25(20-31(30)42-2)34-29-16-12-24-7-3-4-9-28(24)33(29)38-36-39(34)35(40)32(44-36)19-23-6-5-8-27(18-23)43-21-22-10-14-26(37)15-11-22/h3-11,13-15,17-20,34H,12,16,21H2,1-2H3/b32-19+/t34-/m0/s1. The molecular formula is C36H29BrN2O4S. The molecule has 2 heterocycles. The molecule has 8 heteroatoms. The van der Waals surface area contributed by atoms with Gasteiger partial charge in [-0.3, -0.25) is 9.36 Å². The van der Waals surface area contributed by atoms with E-state index >= 15 is 0 Å². The highest BCUT2D eigenvalue weighted by Crippen LogP contribution is 2.42. The summed E-state index contributed by atoms with van der Waals surface area (Å²) in [5.74, 6) is 2.02. The van der Waals surface area contributed by atoms with Crippen LogP contribution in [0.2, 0.25) is 0 Å². The zero-order valence-corrected chi connectivity index (χ0v) is 26.7. The minimum absolute atomic E-state index is 0.0693. The number of aromatic nitrogens is 1. The summed E-state index contributed by atoms with van der Waals surface area (Å²) in [6, 6.07) is 29.9. The van der Waals surface area contributed by atoms with Gasteiger partial charge in [0.2, 0.25) is 0 Å². The number of fused-ring (bicyclic) bond motifs is 3. The average Bonchev–Trinajstić information content (AvgIpc) is 3.37. The van der Waals surface area contributed by atoms with Gasteiger partial charge in [-0.25, -0.2) is 4.99 Å². The van der Waals surface area contributed by atoms with Gasteiger partial charge < -0.3 is 14.2 Å². The Morgan fingerprint density at radius 2 is 1.75 bits per heavy atom. The smallest absolute Gasteiger partial charge is 0.271 e. The highest BCUT2D eigenvalue weighted by molar-refractivity contribution is 9.10. The van der Waals surface area contributed by atoms with Gasteiger partial charge in [0.1, 0.15) is 12.4 Å². The third kappa shape index (κ3) is 5.29. The van der Waals surface area contributed by atoms with Crippen molar-refractivity contribution in [1.82, 2.24) is 4.57 Å². The van der Waals surface area contributed by atoms with E-state index < -0.39 is 0 Å². The second-order valence-corrected chi connectivity index (χ2v) is 12.6. The fourth-order valence-corrected chi connectivity index (χ4v) is 7.20. The number of hydrogen-bond acceptors (Lipinski definition) is 6. The summed E-state index contributed by atoms with van der Waals surface area (Å²) >= 11 is 4.89. The molecule has 1 aromatic heterocycles. The second kappa shape index (κ2) is 11.9. The summed E-state index contributed by atoms with van der Waals surface area (Å²) in [5.41, 5.74) is 7.36. The molecule has 5 aromatic rings. The molecule has 6 nitrogen and oxygen atoms in total. The van der Waals surface area contributed by atoms with Gasteiger partial charge in [-0.05, 0) is 83.1 Å². The first kappa shape index (κ1) is 28.4. The minimum atomic E-state index is -0.308. The van der Waals surface area contributed by atoms with Gasteiger partial charge in [-0.15, -0.1) is 0 Å². The highest BCUT2D eigenvalue weighted by Gasteiger charge is 2.33. The van der Waals surface area contributed by atoms with Crippen molar-refractivity contribution in [3.63, 3.8) is 0 Å². The van der Waals surface area contributed by atoms with E-state index in [-0.39, 0.29) is 11.6 Å². The van der Waals surface area contributed by atoms with E-state index in [4.69, 9.17) is 19.2 Å². The molecule has 44 heavy (non-hydrogen) atoms. The monoisotopic (exact) mass is 664 g/mol. The molecule has 0 unspecified atom stereocenters. The van der Waals surface area contributed by atoms with Crippen molar-refractivity contribution in [3.05, 3.63) is 149 Å². The largest absolute Gasteiger partial charge is 0.493 e. The van der Waals surface area contributed by atoms with Gasteiger partial charge in [0.05, 0.1) is 30.5 Å². The number of benzene rings is 4. The van der Waals surface area contributed by atoms with Crippen LogP contribution in [0.1, 0.15) is 40.3 Å². The minimum Gasteiger partial charge on any atom is -0.493 e. The second-order valence-electron chi connectivity index (χ2n) is 10.7. The first-order valence-corrected chi connectivity index (χ1v) is 16.0. The molecule has 1 aliphatic heterocycles. The summed E-state index contributed by atoms with van der Waals surface area (Å²) in [6.07, 6.45) is 3.64. The van der Waals surface area contributed by atoms with Crippen LogP contribution in [0.25, 0.3) is 11.8 Å². The van der Waals surface area contributed by atoms with Crippen LogP contribution < -0.4 is 29.1 Å². The Kier molecular flexibility index (Phi) is 7.70. The number of allylic oxidation sites excluding steroid dienone is 1. The third-order valence-corrected chi connectivity index (χ3v) is 9.58. The van der Waals surface area contributed by atoms with Gasteiger partial charge in [-0.2, -0.15) is 0 Å². The molecule has 0 spiro atoms. The molecule has 220 valence electrons. The Bertz CT molecular complexity index is 2100. The van der Waals surface area contributed by atoms with E-state index in [1.165, 1.54) is 16.9 Å². The topological polar surface area (TPSA) is 62.0 Å². The lowest BCUT2D eigenvalue weighted by molar-refractivity contribution is 0.306. The molecule has 2 aliphatic rings. The lowest BCUT2D eigenvalue weighted by Crippen LogP contribution is -2.38.